The van der Waals surface area contributed by atoms with E-state index < -0.39 is 0 Å². The van der Waals surface area contributed by atoms with Crippen molar-refractivity contribution in [3.8, 4) is 11.4 Å². The zero-order valence-electron chi connectivity index (χ0n) is 11.3. The summed E-state index contributed by atoms with van der Waals surface area (Å²) in [5.74, 6) is 0.855. The standard InChI is InChI=1S/C15H13N5/c1-9-4-3-5-11(10(9)2)15-19-18-13-8-17-14-12(20(13)15)6-7-16-14/h3-8,16H,1-2H3. The minimum Gasteiger partial charge on any atom is -0.345 e. The number of nitrogens with zero attached hydrogens (tertiary/aromatic N) is 4. The van der Waals surface area contributed by atoms with Crippen LogP contribution in [-0.4, -0.2) is 24.6 Å². The Kier molecular flexibility index (Phi) is 2.18. The van der Waals surface area contributed by atoms with E-state index in [0.717, 1.165) is 28.2 Å². The van der Waals surface area contributed by atoms with Crippen molar-refractivity contribution in [1.82, 2.24) is 24.6 Å². The van der Waals surface area contributed by atoms with Crippen molar-refractivity contribution in [3.63, 3.8) is 0 Å². The van der Waals surface area contributed by atoms with E-state index in [4.69, 9.17) is 0 Å². The van der Waals surface area contributed by atoms with Crippen LogP contribution in [0.15, 0.2) is 36.7 Å². The van der Waals surface area contributed by atoms with Gasteiger partial charge in [-0.05, 0) is 31.0 Å². The van der Waals surface area contributed by atoms with Crippen LogP contribution in [0.5, 0.6) is 0 Å². The van der Waals surface area contributed by atoms with E-state index in [9.17, 15) is 0 Å². The van der Waals surface area contributed by atoms with Gasteiger partial charge in [0.15, 0.2) is 17.1 Å². The molecule has 5 heteroatoms. The molecule has 0 aliphatic carbocycles. The summed E-state index contributed by atoms with van der Waals surface area (Å²) >= 11 is 0. The van der Waals surface area contributed by atoms with Gasteiger partial charge < -0.3 is 4.98 Å². The van der Waals surface area contributed by atoms with E-state index in [1.54, 1.807) is 6.20 Å². The second kappa shape index (κ2) is 3.90. The Bertz CT molecular complexity index is 932. The highest BCUT2D eigenvalue weighted by Crippen LogP contribution is 2.26. The molecule has 0 fully saturated rings. The first-order valence-corrected chi connectivity index (χ1v) is 6.49. The largest absolute Gasteiger partial charge is 0.345 e. The maximum atomic E-state index is 4.36. The van der Waals surface area contributed by atoms with Gasteiger partial charge in [0.2, 0.25) is 0 Å². The SMILES string of the molecule is Cc1cccc(-c2nnc3cnc4[nH]ccc4n23)c1C. The van der Waals surface area contributed by atoms with Crippen LogP contribution >= 0.6 is 0 Å². The van der Waals surface area contributed by atoms with Gasteiger partial charge >= 0.3 is 0 Å². The molecule has 1 aromatic carbocycles. The zero-order valence-corrected chi connectivity index (χ0v) is 11.3. The van der Waals surface area contributed by atoms with E-state index in [2.05, 4.69) is 46.1 Å². The molecule has 4 rings (SSSR count). The zero-order chi connectivity index (χ0) is 13.7. The predicted octanol–water partition coefficient (Wildman–Crippen LogP) is 2.89. The fourth-order valence-electron chi connectivity index (χ4n) is 2.54. The maximum absolute atomic E-state index is 4.36. The summed E-state index contributed by atoms with van der Waals surface area (Å²) in [6.07, 6.45) is 3.62. The van der Waals surface area contributed by atoms with Crippen LogP contribution in [0.3, 0.4) is 0 Å². The molecule has 3 heterocycles. The summed E-state index contributed by atoms with van der Waals surface area (Å²) < 4.78 is 2.04. The van der Waals surface area contributed by atoms with Crippen LogP contribution in [0, 0.1) is 13.8 Å². The summed E-state index contributed by atoms with van der Waals surface area (Å²) in [5.41, 5.74) is 6.16. The van der Waals surface area contributed by atoms with Gasteiger partial charge in [-0.2, -0.15) is 0 Å². The van der Waals surface area contributed by atoms with Crippen LogP contribution in [-0.2, 0) is 0 Å². The topological polar surface area (TPSA) is 58.9 Å². The normalized spacial score (nSPS) is 11.5. The number of aryl methyl sites for hydroxylation is 1. The molecule has 5 nitrogen and oxygen atoms in total. The molecule has 4 aromatic rings. The summed E-state index contributed by atoms with van der Waals surface area (Å²) in [6, 6.07) is 8.23. The lowest BCUT2D eigenvalue weighted by Gasteiger charge is -2.07. The van der Waals surface area contributed by atoms with E-state index in [1.165, 1.54) is 11.1 Å². The minimum absolute atomic E-state index is 0.757. The smallest absolute Gasteiger partial charge is 0.180 e. The monoisotopic (exact) mass is 263 g/mol. The summed E-state index contributed by atoms with van der Waals surface area (Å²) in [7, 11) is 0. The highest BCUT2D eigenvalue weighted by atomic mass is 15.3. The number of hydrogen-bond acceptors (Lipinski definition) is 3. The van der Waals surface area contributed by atoms with E-state index in [0.29, 0.717) is 0 Å². The van der Waals surface area contributed by atoms with Crippen LogP contribution in [0.2, 0.25) is 0 Å². The van der Waals surface area contributed by atoms with Crippen molar-refractivity contribution in [3.05, 3.63) is 47.8 Å². The number of rotatable bonds is 1. The van der Waals surface area contributed by atoms with Gasteiger partial charge in [0.25, 0.3) is 0 Å². The van der Waals surface area contributed by atoms with Crippen LogP contribution in [0.25, 0.3) is 28.2 Å². The lowest BCUT2D eigenvalue weighted by Crippen LogP contribution is -1.95. The highest BCUT2D eigenvalue weighted by Gasteiger charge is 2.14. The van der Waals surface area contributed by atoms with Gasteiger partial charge in [0, 0.05) is 11.8 Å². The van der Waals surface area contributed by atoms with Gasteiger partial charge in [-0.1, -0.05) is 18.2 Å². The molecule has 0 bridgehead atoms. The molecule has 0 aliphatic rings. The first-order chi connectivity index (χ1) is 9.75. The Balaban J connectivity index is 2.14. The number of aromatic amines is 1. The van der Waals surface area contributed by atoms with Gasteiger partial charge in [-0.25, -0.2) is 4.98 Å². The van der Waals surface area contributed by atoms with Crippen LogP contribution in [0.1, 0.15) is 11.1 Å². The molecular weight excluding hydrogens is 250 g/mol. The Morgan fingerprint density at radius 1 is 1.10 bits per heavy atom. The second-order valence-corrected chi connectivity index (χ2v) is 4.93. The highest BCUT2D eigenvalue weighted by molar-refractivity contribution is 5.78. The van der Waals surface area contributed by atoms with Crippen LogP contribution < -0.4 is 0 Å². The van der Waals surface area contributed by atoms with Crippen molar-refractivity contribution < 1.29 is 0 Å². The van der Waals surface area contributed by atoms with Crippen molar-refractivity contribution in [2.45, 2.75) is 13.8 Å². The number of hydrogen-bond donors (Lipinski definition) is 1. The van der Waals surface area contributed by atoms with Gasteiger partial charge in [-0.15, -0.1) is 10.2 Å². The first-order valence-electron chi connectivity index (χ1n) is 6.49. The quantitative estimate of drug-likeness (QED) is 0.574. The second-order valence-electron chi connectivity index (χ2n) is 4.93. The fraction of sp³-hybridized carbons (Fsp3) is 0.133. The number of nitrogens with one attached hydrogen (secondary N) is 1. The molecule has 0 atom stereocenters. The molecule has 3 aromatic heterocycles. The molecule has 0 aliphatic heterocycles. The third kappa shape index (κ3) is 1.40. The molecule has 0 saturated heterocycles. The average molecular weight is 263 g/mol. The number of H-pyrrole nitrogens is 1. The summed E-state index contributed by atoms with van der Waals surface area (Å²) in [6.45, 7) is 4.22. The Hall–Kier alpha value is -2.69. The molecule has 20 heavy (non-hydrogen) atoms. The maximum Gasteiger partial charge on any atom is 0.180 e. The van der Waals surface area contributed by atoms with Crippen molar-refractivity contribution in [2.75, 3.05) is 0 Å². The van der Waals surface area contributed by atoms with Gasteiger partial charge in [0.1, 0.15) is 0 Å². The van der Waals surface area contributed by atoms with E-state index in [1.807, 2.05) is 22.7 Å². The first kappa shape index (κ1) is 11.2. The van der Waals surface area contributed by atoms with Gasteiger partial charge in [0.05, 0.1) is 11.7 Å². The Morgan fingerprint density at radius 2 is 2.00 bits per heavy atom. The average Bonchev–Trinajstić information content (AvgIpc) is 3.06. The molecule has 0 unspecified atom stereocenters. The molecule has 0 amide bonds. The molecule has 0 spiro atoms. The molecule has 0 radical (unpaired) electrons. The summed E-state index contributed by atoms with van der Waals surface area (Å²) in [4.78, 5) is 7.46. The van der Waals surface area contributed by atoms with Crippen molar-refractivity contribution in [2.24, 2.45) is 0 Å². The summed E-state index contributed by atoms with van der Waals surface area (Å²) in [5, 5.41) is 8.59. The van der Waals surface area contributed by atoms with Crippen LogP contribution in [0.4, 0.5) is 0 Å². The van der Waals surface area contributed by atoms with Crippen molar-refractivity contribution in [1.29, 1.82) is 0 Å². The number of aromatic nitrogens is 5. The molecule has 0 saturated carbocycles. The fourth-order valence-corrected chi connectivity index (χ4v) is 2.54. The lowest BCUT2D eigenvalue weighted by molar-refractivity contribution is 1.11. The van der Waals surface area contributed by atoms with Crippen molar-refractivity contribution >= 4 is 16.8 Å². The molecule has 98 valence electrons. The number of benzene rings is 1. The molecule has 1 N–H and O–H groups in total. The third-order valence-corrected chi connectivity index (χ3v) is 3.79. The van der Waals surface area contributed by atoms with E-state index in [-0.39, 0.29) is 0 Å². The lowest BCUT2D eigenvalue weighted by atomic mass is 10.0. The number of fused-ring (bicyclic) bond motifs is 3. The Morgan fingerprint density at radius 3 is 2.90 bits per heavy atom. The van der Waals surface area contributed by atoms with Gasteiger partial charge in [-0.3, -0.25) is 4.40 Å². The van der Waals surface area contributed by atoms with E-state index >= 15 is 0 Å². The minimum atomic E-state index is 0.757. The third-order valence-electron chi connectivity index (χ3n) is 3.79. The molecular formula is C15H13N5. The Labute approximate surface area is 115 Å². The predicted molar refractivity (Wildman–Crippen MR) is 77.5 cm³/mol.